The van der Waals surface area contributed by atoms with Gasteiger partial charge >= 0.3 is 0 Å². The first-order valence-electron chi connectivity index (χ1n) is 10.0. The van der Waals surface area contributed by atoms with E-state index in [4.69, 9.17) is 0 Å². The number of hydrogen-bond donors (Lipinski definition) is 0. The summed E-state index contributed by atoms with van der Waals surface area (Å²) in [7, 11) is 0. The van der Waals surface area contributed by atoms with E-state index in [0.717, 1.165) is 66.7 Å². The van der Waals surface area contributed by atoms with Crippen molar-refractivity contribution in [2.45, 2.75) is 66.2 Å². The van der Waals surface area contributed by atoms with Crippen LogP contribution in [0.5, 0.6) is 0 Å². The fraction of sp³-hybridized carbons (Fsp3) is 0.500. The van der Waals surface area contributed by atoms with Gasteiger partial charge in [-0.25, -0.2) is 13.2 Å². The molecule has 4 rings (SSSR count). The lowest BCUT2D eigenvalue weighted by atomic mass is 9.84. The lowest BCUT2D eigenvalue weighted by molar-refractivity contribution is 0.471. The van der Waals surface area contributed by atoms with Crippen molar-refractivity contribution in [2.75, 3.05) is 0 Å². The average molecular weight is 374 g/mol. The van der Waals surface area contributed by atoms with E-state index in [9.17, 15) is 13.2 Å². The molecular formula is C24H29F3. The van der Waals surface area contributed by atoms with Crippen LogP contribution in [0.25, 0.3) is 0 Å². The molecule has 2 unspecified atom stereocenters. The molecule has 0 heterocycles. The maximum absolute atomic E-state index is 13.6. The quantitative estimate of drug-likeness (QED) is 0.484. The maximum Gasteiger partial charge on any atom is 0.132 e. The van der Waals surface area contributed by atoms with Crippen LogP contribution in [-0.2, 0) is 25.7 Å². The van der Waals surface area contributed by atoms with Gasteiger partial charge < -0.3 is 0 Å². The molecule has 0 nitrogen and oxygen atoms in total. The number of rotatable bonds is 0. The zero-order chi connectivity index (χ0) is 19.7. The average Bonchev–Trinajstić information content (AvgIpc) is 2.63. The van der Waals surface area contributed by atoms with Crippen LogP contribution >= 0.6 is 0 Å². The Hall–Kier alpha value is -1.77. The molecule has 0 saturated heterocycles. The third-order valence-corrected chi connectivity index (χ3v) is 6.09. The van der Waals surface area contributed by atoms with Crippen molar-refractivity contribution < 1.29 is 13.2 Å². The number of hydrogen-bond acceptors (Lipinski definition) is 0. The highest BCUT2D eigenvalue weighted by Gasteiger charge is 2.21. The van der Waals surface area contributed by atoms with Gasteiger partial charge in [-0.15, -0.1) is 0 Å². The molecule has 27 heavy (non-hydrogen) atoms. The molecule has 2 aromatic rings. The normalized spacial score (nSPS) is 21.0. The molecule has 0 aromatic heterocycles. The van der Waals surface area contributed by atoms with Crippen LogP contribution in [0.1, 0.15) is 60.1 Å². The van der Waals surface area contributed by atoms with Crippen LogP contribution in [0, 0.1) is 43.1 Å². The Labute approximate surface area is 160 Å². The number of benzene rings is 2. The van der Waals surface area contributed by atoms with Crippen molar-refractivity contribution in [3.05, 3.63) is 69.0 Å². The molecule has 0 N–H and O–H groups in total. The van der Waals surface area contributed by atoms with Crippen LogP contribution < -0.4 is 0 Å². The van der Waals surface area contributed by atoms with Gasteiger partial charge in [0.1, 0.15) is 17.5 Å². The summed E-state index contributed by atoms with van der Waals surface area (Å²) in [6.07, 6.45) is 5.67. The minimum atomic E-state index is -0.407. The Balaban J connectivity index is 0.000000156. The molecule has 0 aliphatic heterocycles. The third-order valence-electron chi connectivity index (χ3n) is 6.09. The second-order valence-electron chi connectivity index (χ2n) is 8.47. The van der Waals surface area contributed by atoms with Gasteiger partial charge in [-0.05, 0) is 98.1 Å². The van der Waals surface area contributed by atoms with Gasteiger partial charge in [0.2, 0.25) is 0 Å². The maximum atomic E-state index is 13.6. The monoisotopic (exact) mass is 374 g/mol. The van der Waals surface area contributed by atoms with Crippen molar-refractivity contribution in [3.63, 3.8) is 0 Å². The first-order chi connectivity index (χ1) is 12.8. The van der Waals surface area contributed by atoms with Gasteiger partial charge in [-0.1, -0.05) is 26.0 Å². The number of aryl methyl sites for hydroxylation is 1. The Morgan fingerprint density at radius 3 is 1.96 bits per heavy atom. The summed E-state index contributed by atoms with van der Waals surface area (Å²) in [5.41, 5.74) is 4.75. The zero-order valence-electron chi connectivity index (χ0n) is 16.8. The lowest BCUT2D eigenvalue weighted by Gasteiger charge is -2.22. The summed E-state index contributed by atoms with van der Waals surface area (Å²) >= 11 is 0. The molecule has 0 bridgehead atoms. The minimum absolute atomic E-state index is 0.0319. The van der Waals surface area contributed by atoms with E-state index in [1.807, 2.05) is 13.0 Å². The van der Waals surface area contributed by atoms with Crippen molar-refractivity contribution in [2.24, 2.45) is 11.8 Å². The smallest absolute Gasteiger partial charge is 0.132 e. The van der Waals surface area contributed by atoms with Gasteiger partial charge in [-0.2, -0.15) is 0 Å². The molecule has 2 atom stereocenters. The van der Waals surface area contributed by atoms with Gasteiger partial charge in [0.25, 0.3) is 0 Å². The molecule has 0 radical (unpaired) electrons. The summed E-state index contributed by atoms with van der Waals surface area (Å²) in [6.45, 7) is 7.70. The lowest BCUT2D eigenvalue weighted by Crippen LogP contribution is -2.14. The van der Waals surface area contributed by atoms with Crippen LogP contribution in [0.2, 0.25) is 0 Å². The second-order valence-corrected chi connectivity index (χ2v) is 8.47. The molecule has 0 saturated carbocycles. The van der Waals surface area contributed by atoms with E-state index >= 15 is 0 Å². The summed E-state index contributed by atoms with van der Waals surface area (Å²) in [4.78, 5) is 0. The predicted molar refractivity (Wildman–Crippen MR) is 105 cm³/mol. The molecule has 0 amide bonds. The summed E-state index contributed by atoms with van der Waals surface area (Å²) in [5, 5.41) is 0. The van der Waals surface area contributed by atoms with E-state index in [1.165, 1.54) is 18.6 Å². The summed E-state index contributed by atoms with van der Waals surface area (Å²) < 4.78 is 40.5. The van der Waals surface area contributed by atoms with Gasteiger partial charge in [-0.3, -0.25) is 0 Å². The first-order valence-corrected chi connectivity index (χ1v) is 10.0. The van der Waals surface area contributed by atoms with E-state index < -0.39 is 5.82 Å². The standard InChI is InChI=1S/C12H14F2.C12H15F/c1-7-3-4-10-9(5-7)6-11(13)8(2)12(10)14;1-8-3-6-11-10(7-8)5-4-9(2)12(11)13/h6-7H,3-5H2,1-2H3;4-5,8H,3,6-7H2,1-2H3. The topological polar surface area (TPSA) is 0 Å². The van der Waals surface area contributed by atoms with E-state index in [-0.39, 0.29) is 17.2 Å². The minimum Gasteiger partial charge on any atom is -0.207 e. The van der Waals surface area contributed by atoms with Gasteiger partial charge in [0.05, 0.1) is 0 Å². The van der Waals surface area contributed by atoms with E-state index in [2.05, 4.69) is 19.9 Å². The first kappa shape index (κ1) is 20.0. The van der Waals surface area contributed by atoms with Crippen LogP contribution in [0.15, 0.2) is 18.2 Å². The van der Waals surface area contributed by atoms with E-state index in [1.54, 1.807) is 0 Å². The summed E-state index contributed by atoms with van der Waals surface area (Å²) in [5.74, 6) is 0.560. The van der Waals surface area contributed by atoms with Crippen molar-refractivity contribution in [1.82, 2.24) is 0 Å². The Bertz CT molecular complexity index is 838. The summed E-state index contributed by atoms with van der Waals surface area (Å²) in [6, 6.07) is 5.49. The van der Waals surface area contributed by atoms with Crippen LogP contribution in [0.3, 0.4) is 0 Å². The van der Waals surface area contributed by atoms with Gasteiger partial charge in [0, 0.05) is 5.56 Å². The second kappa shape index (κ2) is 8.08. The highest BCUT2D eigenvalue weighted by Crippen LogP contribution is 2.30. The molecule has 2 aromatic carbocycles. The molecule has 146 valence electrons. The molecule has 0 spiro atoms. The fourth-order valence-electron chi connectivity index (χ4n) is 4.25. The van der Waals surface area contributed by atoms with Crippen LogP contribution in [0.4, 0.5) is 13.2 Å². The predicted octanol–water partition coefficient (Wildman–Crippen LogP) is 6.66. The van der Waals surface area contributed by atoms with Crippen molar-refractivity contribution in [1.29, 1.82) is 0 Å². The highest BCUT2D eigenvalue weighted by atomic mass is 19.1. The van der Waals surface area contributed by atoms with Crippen LogP contribution in [-0.4, -0.2) is 0 Å². The Kier molecular flexibility index (Phi) is 5.98. The number of fused-ring (bicyclic) bond motifs is 2. The molecule has 0 fully saturated rings. The molecule has 2 aliphatic rings. The Morgan fingerprint density at radius 2 is 1.33 bits per heavy atom. The largest absolute Gasteiger partial charge is 0.207 e. The molecular weight excluding hydrogens is 345 g/mol. The number of halogens is 3. The SMILES string of the molecule is Cc1c(F)cc2c(c1F)CCC(C)C2.Cc1ccc2c(c1F)CCC(C)C2. The van der Waals surface area contributed by atoms with Crippen molar-refractivity contribution in [3.8, 4) is 0 Å². The van der Waals surface area contributed by atoms with Crippen molar-refractivity contribution >= 4 is 0 Å². The Morgan fingerprint density at radius 1 is 0.778 bits per heavy atom. The fourth-order valence-corrected chi connectivity index (χ4v) is 4.25. The third kappa shape index (κ3) is 4.23. The molecule has 3 heteroatoms. The molecule has 2 aliphatic carbocycles. The zero-order valence-corrected chi connectivity index (χ0v) is 16.8. The van der Waals surface area contributed by atoms with E-state index in [0.29, 0.717) is 5.92 Å². The highest BCUT2D eigenvalue weighted by molar-refractivity contribution is 5.37. The van der Waals surface area contributed by atoms with Gasteiger partial charge in [0.15, 0.2) is 0 Å².